The van der Waals surface area contributed by atoms with E-state index in [-0.39, 0.29) is 6.04 Å². The molecular weight excluding hydrogens is 234 g/mol. The van der Waals surface area contributed by atoms with E-state index in [1.54, 1.807) is 0 Å². The van der Waals surface area contributed by atoms with Crippen LogP contribution in [0.15, 0.2) is 30.3 Å². The second-order valence-electron chi connectivity index (χ2n) is 5.61. The van der Waals surface area contributed by atoms with Gasteiger partial charge in [0.2, 0.25) is 0 Å². The number of benzene rings is 1. The minimum absolute atomic E-state index is 0.227. The molecule has 1 heterocycles. The Morgan fingerprint density at radius 3 is 2.32 bits per heavy atom. The lowest BCUT2D eigenvalue weighted by molar-refractivity contribution is 0.0341. The number of rotatable bonds is 3. The van der Waals surface area contributed by atoms with Crippen molar-refractivity contribution in [2.75, 3.05) is 20.1 Å². The van der Waals surface area contributed by atoms with Gasteiger partial charge in [-0.25, -0.2) is 0 Å². The molecule has 1 aromatic rings. The fourth-order valence-corrected chi connectivity index (χ4v) is 2.92. The first-order valence-corrected chi connectivity index (χ1v) is 7.01. The number of hydrogen-bond acceptors (Lipinski definition) is 3. The van der Waals surface area contributed by atoms with Gasteiger partial charge in [-0.1, -0.05) is 30.3 Å². The van der Waals surface area contributed by atoms with Crippen LogP contribution in [0.25, 0.3) is 0 Å². The highest BCUT2D eigenvalue weighted by molar-refractivity contribution is 5.20. The zero-order chi connectivity index (χ0) is 13.8. The summed E-state index contributed by atoms with van der Waals surface area (Å²) < 4.78 is 0. The Kier molecular flexibility index (Phi) is 4.57. The normalized spacial score (nSPS) is 26.8. The first kappa shape index (κ1) is 14.0. The topological polar surface area (TPSA) is 30.3 Å². The van der Waals surface area contributed by atoms with E-state index in [0.717, 1.165) is 13.1 Å². The predicted octanol–water partition coefficient (Wildman–Crippen LogP) is 2.67. The maximum absolute atomic E-state index is 9.13. The third kappa shape index (κ3) is 3.15. The zero-order valence-corrected chi connectivity index (χ0v) is 12.1. The van der Waals surface area contributed by atoms with Crippen molar-refractivity contribution in [2.24, 2.45) is 0 Å². The number of nitrogens with zero attached hydrogens (tertiary/aromatic N) is 3. The molecule has 0 amide bonds. The van der Waals surface area contributed by atoms with Gasteiger partial charge in [-0.3, -0.25) is 9.80 Å². The van der Waals surface area contributed by atoms with Crippen LogP contribution in [0.3, 0.4) is 0 Å². The molecule has 102 valence electrons. The largest absolute Gasteiger partial charge is 0.298 e. The quantitative estimate of drug-likeness (QED) is 0.834. The molecule has 3 unspecified atom stereocenters. The lowest BCUT2D eigenvalue weighted by atomic mass is 9.99. The summed E-state index contributed by atoms with van der Waals surface area (Å²) >= 11 is 0. The van der Waals surface area contributed by atoms with Crippen LogP contribution in [-0.2, 0) is 0 Å². The highest BCUT2D eigenvalue weighted by Gasteiger charge is 2.31. The summed E-state index contributed by atoms with van der Waals surface area (Å²) in [6, 6.07) is 14.1. The Morgan fingerprint density at radius 2 is 1.79 bits per heavy atom. The van der Waals surface area contributed by atoms with Crippen molar-refractivity contribution in [3.05, 3.63) is 35.9 Å². The van der Waals surface area contributed by atoms with Crippen LogP contribution in [0.2, 0.25) is 0 Å². The summed E-state index contributed by atoms with van der Waals surface area (Å²) in [4.78, 5) is 4.89. The number of piperazine rings is 1. The summed E-state index contributed by atoms with van der Waals surface area (Å²) in [7, 11) is 2.19. The van der Waals surface area contributed by atoms with Crippen LogP contribution >= 0.6 is 0 Å². The van der Waals surface area contributed by atoms with Crippen molar-refractivity contribution in [1.29, 1.82) is 5.26 Å². The summed E-state index contributed by atoms with van der Waals surface area (Å²) in [5, 5.41) is 9.13. The molecule has 0 spiro atoms. The molecule has 0 aliphatic carbocycles. The van der Waals surface area contributed by atoms with E-state index < -0.39 is 0 Å². The fourth-order valence-electron chi connectivity index (χ4n) is 2.92. The Morgan fingerprint density at radius 1 is 1.21 bits per heavy atom. The summed E-state index contributed by atoms with van der Waals surface area (Å²) in [6.45, 7) is 6.58. The molecule has 0 aromatic heterocycles. The van der Waals surface area contributed by atoms with Crippen molar-refractivity contribution in [1.82, 2.24) is 9.80 Å². The predicted molar refractivity (Wildman–Crippen MR) is 77.7 cm³/mol. The standard InChI is InChI=1S/C16H23N3/c1-13-11-19(12-14(2)18(13)3)16(9-10-17)15-7-5-4-6-8-15/h4-8,13-14,16H,9,11-12H2,1-3H3. The molecule has 1 aromatic carbocycles. The van der Waals surface area contributed by atoms with E-state index in [2.05, 4.69) is 61.0 Å². The molecule has 3 nitrogen and oxygen atoms in total. The maximum Gasteiger partial charge on any atom is 0.0641 e. The van der Waals surface area contributed by atoms with Gasteiger partial charge in [0.1, 0.15) is 0 Å². The fraction of sp³-hybridized carbons (Fsp3) is 0.562. The zero-order valence-electron chi connectivity index (χ0n) is 12.1. The van der Waals surface area contributed by atoms with Crippen LogP contribution in [0.4, 0.5) is 0 Å². The molecule has 2 rings (SSSR count). The summed E-state index contributed by atoms with van der Waals surface area (Å²) in [6.07, 6.45) is 0.563. The number of hydrogen-bond donors (Lipinski definition) is 0. The molecule has 3 atom stereocenters. The third-order valence-electron chi connectivity index (χ3n) is 4.30. The van der Waals surface area contributed by atoms with E-state index in [1.165, 1.54) is 5.56 Å². The van der Waals surface area contributed by atoms with Crippen molar-refractivity contribution < 1.29 is 0 Å². The van der Waals surface area contributed by atoms with Crippen molar-refractivity contribution in [2.45, 2.75) is 38.4 Å². The van der Waals surface area contributed by atoms with Gasteiger partial charge >= 0.3 is 0 Å². The van der Waals surface area contributed by atoms with E-state index in [1.807, 2.05) is 6.07 Å². The SMILES string of the molecule is CC1CN(C(CC#N)c2ccccc2)CC(C)N1C. The third-order valence-corrected chi connectivity index (χ3v) is 4.30. The smallest absolute Gasteiger partial charge is 0.0641 e. The highest BCUT2D eigenvalue weighted by atomic mass is 15.3. The van der Waals surface area contributed by atoms with Gasteiger partial charge in [0, 0.05) is 31.2 Å². The number of likely N-dealkylation sites (N-methyl/N-ethyl adjacent to an activating group) is 1. The molecule has 0 radical (unpaired) electrons. The summed E-state index contributed by atoms with van der Waals surface area (Å²) in [5.74, 6) is 0. The minimum Gasteiger partial charge on any atom is -0.298 e. The van der Waals surface area contributed by atoms with Gasteiger partial charge in [-0.2, -0.15) is 5.26 Å². The van der Waals surface area contributed by atoms with Gasteiger partial charge in [0.25, 0.3) is 0 Å². The van der Waals surface area contributed by atoms with Gasteiger partial charge in [0.05, 0.1) is 12.5 Å². The van der Waals surface area contributed by atoms with Crippen molar-refractivity contribution >= 4 is 0 Å². The molecule has 0 N–H and O–H groups in total. The van der Waals surface area contributed by atoms with E-state index in [9.17, 15) is 0 Å². The lowest BCUT2D eigenvalue weighted by Gasteiger charge is -2.45. The molecule has 1 saturated heterocycles. The molecule has 1 aliphatic heterocycles. The first-order valence-electron chi connectivity index (χ1n) is 7.01. The molecule has 1 fully saturated rings. The second kappa shape index (κ2) is 6.18. The maximum atomic E-state index is 9.13. The molecule has 1 aliphatic rings. The molecule has 3 heteroatoms. The van der Waals surface area contributed by atoms with Crippen molar-refractivity contribution in [3.63, 3.8) is 0 Å². The molecule has 0 saturated carbocycles. The minimum atomic E-state index is 0.227. The highest BCUT2D eigenvalue weighted by Crippen LogP contribution is 2.27. The lowest BCUT2D eigenvalue weighted by Crippen LogP contribution is -2.55. The Balaban J connectivity index is 2.19. The second-order valence-corrected chi connectivity index (χ2v) is 5.61. The van der Waals surface area contributed by atoms with E-state index >= 15 is 0 Å². The van der Waals surface area contributed by atoms with Gasteiger partial charge in [-0.05, 0) is 26.5 Å². The van der Waals surface area contributed by atoms with E-state index in [0.29, 0.717) is 18.5 Å². The first-order chi connectivity index (χ1) is 9.13. The van der Waals surface area contributed by atoms with Crippen LogP contribution in [0.5, 0.6) is 0 Å². The van der Waals surface area contributed by atoms with Crippen LogP contribution in [0, 0.1) is 11.3 Å². The van der Waals surface area contributed by atoms with Crippen LogP contribution < -0.4 is 0 Å². The Hall–Kier alpha value is -1.37. The monoisotopic (exact) mass is 257 g/mol. The van der Waals surface area contributed by atoms with E-state index in [4.69, 9.17) is 5.26 Å². The molecular formula is C16H23N3. The Labute approximate surface area is 116 Å². The Bertz CT molecular complexity index is 425. The molecule has 19 heavy (non-hydrogen) atoms. The average molecular weight is 257 g/mol. The van der Waals surface area contributed by atoms with Crippen molar-refractivity contribution in [3.8, 4) is 6.07 Å². The van der Waals surface area contributed by atoms with Gasteiger partial charge in [-0.15, -0.1) is 0 Å². The number of nitriles is 1. The summed E-state index contributed by atoms with van der Waals surface area (Å²) in [5.41, 5.74) is 1.26. The van der Waals surface area contributed by atoms with Crippen LogP contribution in [-0.4, -0.2) is 42.0 Å². The molecule has 0 bridgehead atoms. The van der Waals surface area contributed by atoms with Gasteiger partial charge in [0.15, 0.2) is 0 Å². The van der Waals surface area contributed by atoms with Crippen LogP contribution in [0.1, 0.15) is 31.9 Å². The van der Waals surface area contributed by atoms with Gasteiger partial charge < -0.3 is 0 Å². The average Bonchev–Trinajstić information content (AvgIpc) is 2.42.